The van der Waals surface area contributed by atoms with Crippen molar-refractivity contribution in [3.05, 3.63) is 0 Å². The zero-order valence-electron chi connectivity index (χ0n) is 15.1. The quantitative estimate of drug-likeness (QED) is 0.481. The Labute approximate surface area is 150 Å². The molecule has 0 spiro atoms. The number of halogens is 1. The monoisotopic (exact) mass is 380 g/mol. The summed E-state index contributed by atoms with van der Waals surface area (Å²) in [7, 11) is 0. The predicted molar refractivity (Wildman–Crippen MR) is 97.7 cm³/mol. The van der Waals surface area contributed by atoms with Crippen LogP contribution in [0.4, 0.5) is 0 Å². The molecule has 1 nitrogen and oxygen atoms in total. The maximum Gasteiger partial charge on any atom is 0.0737 e. The third kappa shape index (κ3) is 1.74. The van der Waals surface area contributed by atoms with Gasteiger partial charge in [0.25, 0.3) is 0 Å². The summed E-state index contributed by atoms with van der Waals surface area (Å²) in [6.45, 7) is 8.67. The summed E-state index contributed by atoms with van der Waals surface area (Å²) in [5.41, 5.74) is 1.09. The van der Waals surface area contributed by atoms with Gasteiger partial charge in [-0.05, 0) is 86.4 Å². The first-order chi connectivity index (χ1) is 10.9. The highest BCUT2D eigenvalue weighted by Crippen LogP contribution is 2.73. The van der Waals surface area contributed by atoms with Crippen molar-refractivity contribution < 1.29 is 4.74 Å². The lowest BCUT2D eigenvalue weighted by molar-refractivity contribution is -0.0911. The zero-order chi connectivity index (χ0) is 16.0. The fourth-order valence-corrected chi connectivity index (χ4v) is 9.70. The smallest absolute Gasteiger partial charge is 0.0737 e. The third-order valence-electron chi connectivity index (χ3n) is 9.72. The van der Waals surface area contributed by atoms with Crippen molar-refractivity contribution in [2.45, 2.75) is 82.6 Å². The van der Waals surface area contributed by atoms with Crippen LogP contribution < -0.4 is 0 Å². The van der Waals surface area contributed by atoms with Crippen molar-refractivity contribution in [3.63, 3.8) is 0 Å². The van der Waals surface area contributed by atoms with Gasteiger partial charge in [0.05, 0.1) is 17.0 Å². The molecule has 1 aliphatic heterocycles. The molecule has 0 aromatic heterocycles. The summed E-state index contributed by atoms with van der Waals surface area (Å²) < 4.78 is 6.82. The first-order valence-electron chi connectivity index (χ1n) is 10.2. The van der Waals surface area contributed by atoms with Crippen LogP contribution in [-0.2, 0) is 4.74 Å². The largest absolute Gasteiger partial charge is 0.376 e. The van der Waals surface area contributed by atoms with Gasteiger partial charge in [-0.2, -0.15) is 0 Å². The minimum atomic E-state index is 0.302. The van der Waals surface area contributed by atoms with Crippen LogP contribution >= 0.6 is 15.9 Å². The molecular weight excluding hydrogens is 348 g/mol. The van der Waals surface area contributed by atoms with E-state index in [4.69, 9.17) is 4.74 Å². The minimum Gasteiger partial charge on any atom is -0.376 e. The van der Waals surface area contributed by atoms with Crippen LogP contribution in [0.25, 0.3) is 0 Å². The standard InChI is InChI=1S/C21H33BrO/c1-13-6-9-20-12-23-18(21(20,22)11-13)10-15-16-5-4-14(2)19(16,3)8-7-17(15)20/h13-18H,4-12H2,1-3H3/t13-,14-,15?,16?,17?,18-,19+,20-,21-/m0/s1. The first-order valence-corrected chi connectivity index (χ1v) is 11.0. The van der Waals surface area contributed by atoms with Crippen LogP contribution in [0.2, 0.25) is 0 Å². The van der Waals surface area contributed by atoms with Gasteiger partial charge < -0.3 is 4.74 Å². The molecule has 3 unspecified atom stereocenters. The zero-order valence-corrected chi connectivity index (χ0v) is 16.7. The lowest BCUT2D eigenvalue weighted by atomic mass is 9.44. The number of hydrogen-bond donors (Lipinski definition) is 0. The fraction of sp³-hybridized carbons (Fsp3) is 1.00. The minimum absolute atomic E-state index is 0.302. The van der Waals surface area contributed by atoms with Gasteiger partial charge in [-0.15, -0.1) is 0 Å². The SMILES string of the molecule is C[C@H]1CC[C@]23CO[C@@H](CC4C2CC[C@@]2(C)C4CC[C@@H]2C)[C@@]3(Br)C1. The van der Waals surface area contributed by atoms with Crippen molar-refractivity contribution in [1.82, 2.24) is 0 Å². The molecule has 0 aromatic carbocycles. The molecule has 5 fully saturated rings. The van der Waals surface area contributed by atoms with E-state index in [0.717, 1.165) is 36.2 Å². The van der Waals surface area contributed by atoms with E-state index in [1.165, 1.54) is 51.4 Å². The highest BCUT2D eigenvalue weighted by molar-refractivity contribution is 9.10. The van der Waals surface area contributed by atoms with Crippen molar-refractivity contribution in [3.8, 4) is 0 Å². The highest BCUT2D eigenvalue weighted by atomic mass is 79.9. The van der Waals surface area contributed by atoms with E-state index in [1.54, 1.807) is 0 Å². The first kappa shape index (κ1) is 15.7. The van der Waals surface area contributed by atoms with Crippen LogP contribution in [0.5, 0.6) is 0 Å². The van der Waals surface area contributed by atoms with E-state index in [0.29, 0.717) is 21.3 Å². The Morgan fingerprint density at radius 3 is 2.65 bits per heavy atom. The van der Waals surface area contributed by atoms with E-state index >= 15 is 0 Å². The molecular formula is C21H33BrO. The second-order valence-corrected chi connectivity index (χ2v) is 11.7. The van der Waals surface area contributed by atoms with Crippen molar-refractivity contribution in [2.24, 2.45) is 40.4 Å². The molecule has 1 heterocycles. The fourth-order valence-electron chi connectivity index (χ4n) is 8.22. The maximum atomic E-state index is 6.52. The van der Waals surface area contributed by atoms with Crippen molar-refractivity contribution >= 4 is 15.9 Å². The third-order valence-corrected chi connectivity index (χ3v) is 11.3. The average Bonchev–Trinajstić information content (AvgIpc) is 2.88. The van der Waals surface area contributed by atoms with Crippen LogP contribution in [0, 0.1) is 40.4 Å². The molecule has 5 rings (SSSR count). The number of rotatable bonds is 0. The van der Waals surface area contributed by atoms with Gasteiger partial charge in [-0.1, -0.05) is 36.7 Å². The lowest BCUT2D eigenvalue weighted by Gasteiger charge is -2.62. The van der Waals surface area contributed by atoms with Crippen LogP contribution in [0.3, 0.4) is 0 Å². The van der Waals surface area contributed by atoms with Gasteiger partial charge in [0.1, 0.15) is 0 Å². The molecule has 130 valence electrons. The van der Waals surface area contributed by atoms with E-state index in [-0.39, 0.29) is 0 Å². The molecule has 0 radical (unpaired) electrons. The molecule has 23 heavy (non-hydrogen) atoms. The molecule has 1 saturated heterocycles. The summed E-state index contributed by atoms with van der Waals surface area (Å²) in [5.74, 6) is 4.66. The van der Waals surface area contributed by atoms with Gasteiger partial charge in [-0.3, -0.25) is 0 Å². The Hall–Kier alpha value is 0.440. The Bertz CT molecular complexity index is 520. The van der Waals surface area contributed by atoms with Gasteiger partial charge in [0, 0.05) is 5.41 Å². The number of alkyl halides is 1. The Kier molecular flexibility index (Phi) is 3.26. The Balaban J connectivity index is 1.55. The summed E-state index contributed by atoms with van der Waals surface area (Å²) in [4.78, 5) is 0. The lowest BCUT2D eigenvalue weighted by Crippen LogP contribution is -2.62. The van der Waals surface area contributed by atoms with Gasteiger partial charge >= 0.3 is 0 Å². The second-order valence-electron chi connectivity index (χ2n) is 10.3. The van der Waals surface area contributed by atoms with Gasteiger partial charge in [-0.25, -0.2) is 0 Å². The van der Waals surface area contributed by atoms with Gasteiger partial charge in [0.15, 0.2) is 0 Å². The number of hydrogen-bond acceptors (Lipinski definition) is 1. The number of ether oxygens (including phenoxy) is 1. The molecule has 0 N–H and O–H groups in total. The average molecular weight is 381 g/mol. The predicted octanol–water partition coefficient (Wildman–Crippen LogP) is 5.81. The van der Waals surface area contributed by atoms with Crippen molar-refractivity contribution in [1.29, 1.82) is 0 Å². The molecule has 4 saturated carbocycles. The van der Waals surface area contributed by atoms with Gasteiger partial charge in [0.2, 0.25) is 0 Å². The summed E-state index contributed by atoms with van der Waals surface area (Å²) in [6.07, 6.45) is 11.9. The molecule has 9 atom stereocenters. The molecule has 4 aliphatic carbocycles. The number of fused-ring (bicyclic) bond motifs is 3. The van der Waals surface area contributed by atoms with E-state index in [9.17, 15) is 0 Å². The molecule has 0 aromatic rings. The Morgan fingerprint density at radius 1 is 1.00 bits per heavy atom. The highest BCUT2D eigenvalue weighted by Gasteiger charge is 2.71. The Morgan fingerprint density at radius 2 is 1.83 bits per heavy atom. The molecule has 0 amide bonds. The maximum absolute atomic E-state index is 6.52. The summed E-state index contributed by atoms with van der Waals surface area (Å²) >= 11 is 4.33. The second kappa shape index (κ2) is 4.78. The normalized spacial score (nSPS) is 64.2. The van der Waals surface area contributed by atoms with Crippen LogP contribution in [-0.4, -0.2) is 17.0 Å². The summed E-state index contributed by atoms with van der Waals surface area (Å²) in [5, 5.41) is 0. The molecule has 5 aliphatic rings. The molecule has 2 heteroatoms. The molecule has 2 bridgehead atoms. The van der Waals surface area contributed by atoms with E-state index in [2.05, 4.69) is 36.7 Å². The summed E-state index contributed by atoms with van der Waals surface area (Å²) in [6, 6.07) is 0. The van der Waals surface area contributed by atoms with Crippen LogP contribution in [0.15, 0.2) is 0 Å². The van der Waals surface area contributed by atoms with E-state index < -0.39 is 0 Å². The van der Waals surface area contributed by atoms with Crippen molar-refractivity contribution in [2.75, 3.05) is 6.61 Å². The topological polar surface area (TPSA) is 9.23 Å². The van der Waals surface area contributed by atoms with E-state index in [1.807, 2.05) is 0 Å². The van der Waals surface area contributed by atoms with Crippen LogP contribution in [0.1, 0.15) is 72.1 Å².